The van der Waals surface area contributed by atoms with E-state index in [4.69, 9.17) is 0 Å². The lowest BCUT2D eigenvalue weighted by atomic mass is 10.0. The van der Waals surface area contributed by atoms with Crippen LogP contribution in [0.5, 0.6) is 5.75 Å². The van der Waals surface area contributed by atoms with Gasteiger partial charge in [0.1, 0.15) is 12.2 Å². The second-order valence-corrected chi connectivity index (χ2v) is 8.54. The van der Waals surface area contributed by atoms with E-state index in [1.165, 1.54) is 11.0 Å². The van der Waals surface area contributed by atoms with E-state index in [1.54, 1.807) is 24.3 Å². The Morgan fingerprint density at radius 3 is 2.57 bits per heavy atom. The maximum atomic E-state index is 13.1. The highest BCUT2D eigenvalue weighted by molar-refractivity contribution is 6.21. The van der Waals surface area contributed by atoms with E-state index >= 15 is 0 Å². The van der Waals surface area contributed by atoms with Gasteiger partial charge in [-0.15, -0.1) is 0 Å². The molecule has 1 aliphatic rings. The van der Waals surface area contributed by atoms with Crippen molar-refractivity contribution >= 4 is 51.2 Å². The van der Waals surface area contributed by atoms with Crippen LogP contribution >= 0.6 is 0 Å². The fraction of sp³-hybridized carbons (Fsp3) is 0.107. The van der Waals surface area contributed by atoms with Gasteiger partial charge in [0.15, 0.2) is 0 Å². The number of hydrogen-bond acceptors (Lipinski definition) is 4. The Morgan fingerprint density at radius 2 is 1.77 bits per heavy atom. The molecular formula is C28H23N3O4. The summed E-state index contributed by atoms with van der Waals surface area (Å²) in [7, 11) is 0. The maximum Gasteiger partial charge on any atom is 0.256 e. The number of fused-ring (bicyclic) bond motifs is 3. The van der Waals surface area contributed by atoms with Gasteiger partial charge in [-0.2, -0.15) is 0 Å². The van der Waals surface area contributed by atoms with Gasteiger partial charge >= 0.3 is 0 Å². The molecule has 7 heteroatoms. The molecule has 0 radical (unpaired) electrons. The summed E-state index contributed by atoms with van der Waals surface area (Å²) in [5, 5.41) is 18.1. The first-order chi connectivity index (χ1) is 16.8. The van der Waals surface area contributed by atoms with E-state index in [0.29, 0.717) is 22.6 Å². The molecule has 35 heavy (non-hydrogen) atoms. The maximum absolute atomic E-state index is 13.1. The average molecular weight is 466 g/mol. The molecule has 0 aliphatic carbocycles. The highest BCUT2D eigenvalue weighted by Crippen LogP contribution is 2.41. The number of aryl methyl sites for hydroxylation is 1. The lowest BCUT2D eigenvalue weighted by Crippen LogP contribution is -2.26. The zero-order chi connectivity index (χ0) is 24.7. The van der Waals surface area contributed by atoms with Crippen molar-refractivity contribution in [3.63, 3.8) is 0 Å². The number of carbonyl (C=O) groups excluding carboxylic acids is 3. The normalized spacial score (nSPS) is 13.3. The SMILES string of the molecule is Cc1cccc(C(=O)Nc2ccc(N3C(=O)CC(=O)Nc4c3ccc3ccccc43)cc2O)c1C. The summed E-state index contributed by atoms with van der Waals surface area (Å²) in [5.74, 6) is -1.37. The van der Waals surface area contributed by atoms with Crippen molar-refractivity contribution in [3.05, 3.63) is 89.5 Å². The third-order valence-corrected chi connectivity index (χ3v) is 6.31. The lowest BCUT2D eigenvalue weighted by Gasteiger charge is -2.24. The van der Waals surface area contributed by atoms with Crippen LogP contribution in [0.25, 0.3) is 10.8 Å². The molecule has 0 saturated heterocycles. The molecule has 1 heterocycles. The molecule has 7 nitrogen and oxygen atoms in total. The molecule has 0 aromatic heterocycles. The molecule has 0 saturated carbocycles. The smallest absolute Gasteiger partial charge is 0.256 e. The Bertz CT molecular complexity index is 1530. The Labute approximate surface area is 202 Å². The largest absolute Gasteiger partial charge is 0.506 e. The second-order valence-electron chi connectivity index (χ2n) is 8.54. The molecule has 0 spiro atoms. The van der Waals surface area contributed by atoms with E-state index in [9.17, 15) is 19.5 Å². The highest BCUT2D eigenvalue weighted by atomic mass is 16.3. The summed E-state index contributed by atoms with van der Waals surface area (Å²) in [6.45, 7) is 3.80. The van der Waals surface area contributed by atoms with Gasteiger partial charge in [0.2, 0.25) is 11.8 Å². The molecule has 4 aromatic rings. The topological polar surface area (TPSA) is 98.7 Å². The minimum absolute atomic E-state index is 0.195. The first kappa shape index (κ1) is 22.2. The van der Waals surface area contributed by atoms with Crippen LogP contribution in [0, 0.1) is 13.8 Å². The lowest BCUT2D eigenvalue weighted by molar-refractivity contribution is -0.124. The van der Waals surface area contributed by atoms with Gasteiger partial charge in [-0.1, -0.05) is 42.5 Å². The van der Waals surface area contributed by atoms with E-state index in [0.717, 1.165) is 21.9 Å². The third-order valence-electron chi connectivity index (χ3n) is 6.31. The fourth-order valence-electron chi connectivity index (χ4n) is 4.35. The number of carbonyl (C=O) groups is 3. The van der Waals surface area contributed by atoms with Gasteiger partial charge in [-0.05, 0) is 54.6 Å². The van der Waals surface area contributed by atoms with E-state index in [2.05, 4.69) is 10.6 Å². The first-order valence-electron chi connectivity index (χ1n) is 11.2. The van der Waals surface area contributed by atoms with E-state index < -0.39 is 11.8 Å². The molecule has 1 aliphatic heterocycles. The van der Waals surface area contributed by atoms with Crippen LogP contribution in [-0.2, 0) is 9.59 Å². The summed E-state index contributed by atoms with van der Waals surface area (Å²) >= 11 is 0. The Kier molecular flexibility index (Phi) is 5.45. The Hall–Kier alpha value is -4.65. The predicted octanol–water partition coefficient (Wildman–Crippen LogP) is 5.42. The number of benzene rings is 4. The van der Waals surface area contributed by atoms with Crippen LogP contribution in [0.4, 0.5) is 22.7 Å². The Morgan fingerprint density at radius 1 is 0.971 bits per heavy atom. The van der Waals surface area contributed by atoms with Crippen molar-refractivity contribution in [2.75, 3.05) is 15.5 Å². The number of phenolic OH excluding ortho intramolecular Hbond substituents is 1. The number of nitrogens with one attached hydrogen (secondary N) is 2. The van der Waals surface area contributed by atoms with E-state index in [-0.39, 0.29) is 23.8 Å². The monoisotopic (exact) mass is 465 g/mol. The predicted molar refractivity (Wildman–Crippen MR) is 136 cm³/mol. The molecule has 3 amide bonds. The minimum atomic E-state index is -0.428. The summed E-state index contributed by atoms with van der Waals surface area (Å²) in [6, 6.07) is 21.3. The fourth-order valence-corrected chi connectivity index (χ4v) is 4.35. The van der Waals surface area contributed by atoms with Crippen molar-refractivity contribution in [2.45, 2.75) is 20.3 Å². The van der Waals surface area contributed by atoms with Crippen molar-refractivity contribution < 1.29 is 19.5 Å². The summed E-state index contributed by atoms with van der Waals surface area (Å²) in [5.41, 5.74) is 4.00. The number of phenols is 1. The van der Waals surface area contributed by atoms with Gasteiger partial charge in [0.25, 0.3) is 5.91 Å². The summed E-state index contributed by atoms with van der Waals surface area (Å²) < 4.78 is 0. The molecule has 5 rings (SSSR count). The van der Waals surface area contributed by atoms with Crippen LogP contribution in [0.15, 0.2) is 72.8 Å². The molecule has 3 N–H and O–H groups in total. The number of hydrogen-bond donors (Lipinski definition) is 3. The van der Waals surface area contributed by atoms with Crippen molar-refractivity contribution in [1.29, 1.82) is 0 Å². The van der Waals surface area contributed by atoms with Gasteiger partial charge in [0, 0.05) is 17.0 Å². The van der Waals surface area contributed by atoms with Crippen LogP contribution in [-0.4, -0.2) is 22.8 Å². The zero-order valence-electron chi connectivity index (χ0n) is 19.3. The average Bonchev–Trinajstić information content (AvgIpc) is 2.96. The van der Waals surface area contributed by atoms with Gasteiger partial charge in [0.05, 0.1) is 22.7 Å². The van der Waals surface area contributed by atoms with Crippen LogP contribution in [0.3, 0.4) is 0 Å². The first-order valence-corrected chi connectivity index (χ1v) is 11.2. The highest BCUT2D eigenvalue weighted by Gasteiger charge is 2.29. The number of nitrogens with zero attached hydrogens (tertiary/aromatic N) is 1. The van der Waals surface area contributed by atoms with Gasteiger partial charge in [-0.3, -0.25) is 19.3 Å². The Balaban J connectivity index is 1.53. The number of aromatic hydroxyl groups is 1. The van der Waals surface area contributed by atoms with Crippen molar-refractivity contribution in [2.24, 2.45) is 0 Å². The number of amides is 3. The summed E-state index contributed by atoms with van der Waals surface area (Å²) in [4.78, 5) is 39.7. The molecule has 0 bridgehead atoms. The number of anilines is 4. The standard InChI is InChI=1S/C28H23N3O4/c1-16-6-5-9-20(17(16)2)28(35)29-22-12-11-19(14-24(22)32)31-23-13-10-18-7-3-4-8-21(18)27(23)30-25(33)15-26(31)34/h3-14,32H,15H2,1-2H3,(H,29,35)(H,30,33). The van der Waals surface area contributed by atoms with Crippen LogP contribution < -0.4 is 15.5 Å². The van der Waals surface area contributed by atoms with Crippen LogP contribution in [0.1, 0.15) is 27.9 Å². The molecule has 4 aromatic carbocycles. The van der Waals surface area contributed by atoms with E-state index in [1.807, 2.05) is 56.3 Å². The van der Waals surface area contributed by atoms with Gasteiger partial charge in [-0.25, -0.2) is 0 Å². The molecule has 174 valence electrons. The molecule has 0 atom stereocenters. The number of rotatable bonds is 3. The molecular weight excluding hydrogens is 442 g/mol. The summed E-state index contributed by atoms with van der Waals surface area (Å²) in [6.07, 6.45) is -0.338. The minimum Gasteiger partial charge on any atom is -0.506 e. The van der Waals surface area contributed by atoms with Crippen LogP contribution in [0.2, 0.25) is 0 Å². The quantitative estimate of drug-likeness (QED) is 0.278. The molecule has 0 unspecified atom stereocenters. The third kappa shape index (κ3) is 3.97. The van der Waals surface area contributed by atoms with Gasteiger partial charge < -0.3 is 15.7 Å². The van der Waals surface area contributed by atoms with Crippen molar-refractivity contribution in [3.8, 4) is 5.75 Å². The second kappa shape index (κ2) is 8.61. The van der Waals surface area contributed by atoms with Crippen molar-refractivity contribution in [1.82, 2.24) is 0 Å². The zero-order valence-corrected chi connectivity index (χ0v) is 19.3. The molecule has 0 fully saturated rings.